The molecule has 0 aromatic heterocycles. The average molecular weight is 394 g/mol. The predicted molar refractivity (Wildman–Crippen MR) is 94.8 cm³/mol. The van der Waals surface area contributed by atoms with Crippen molar-refractivity contribution in [2.75, 3.05) is 12.4 Å². The van der Waals surface area contributed by atoms with Crippen LogP contribution in [0.5, 0.6) is 0 Å². The second kappa shape index (κ2) is 9.23. The summed E-state index contributed by atoms with van der Waals surface area (Å²) < 4.78 is 37.3. The number of benzene rings is 1. The first-order valence-electron chi connectivity index (χ1n) is 8.14. The molecular formula is C17H23ClF3N3O2. The maximum atomic E-state index is 12.4. The van der Waals surface area contributed by atoms with E-state index in [2.05, 4.69) is 5.32 Å². The number of rotatable bonds is 4. The van der Waals surface area contributed by atoms with E-state index in [1.165, 1.54) is 0 Å². The van der Waals surface area contributed by atoms with E-state index >= 15 is 0 Å². The van der Waals surface area contributed by atoms with Gasteiger partial charge in [-0.1, -0.05) is 18.6 Å². The Balaban J connectivity index is 0.00000338. The van der Waals surface area contributed by atoms with Crippen LogP contribution in [0.15, 0.2) is 24.3 Å². The average Bonchev–Trinajstić information content (AvgIpc) is 2.53. The molecule has 2 unspecified atom stereocenters. The molecular weight excluding hydrogens is 371 g/mol. The Morgan fingerprint density at radius 3 is 2.62 bits per heavy atom. The molecule has 1 fully saturated rings. The van der Waals surface area contributed by atoms with E-state index < -0.39 is 12.1 Å². The summed E-state index contributed by atoms with van der Waals surface area (Å²) in [6.45, 7) is -0.198. The van der Waals surface area contributed by atoms with Crippen LogP contribution >= 0.6 is 12.4 Å². The Labute approximate surface area is 156 Å². The fraction of sp³-hybridized carbons (Fsp3) is 0.529. The topological polar surface area (TPSA) is 75.4 Å². The molecule has 26 heavy (non-hydrogen) atoms. The number of carbonyl (C=O) groups excluding carboxylic acids is 2. The zero-order chi connectivity index (χ0) is 18.6. The van der Waals surface area contributed by atoms with Gasteiger partial charge in [-0.3, -0.25) is 9.59 Å². The molecule has 5 nitrogen and oxygen atoms in total. The Morgan fingerprint density at radius 1 is 1.31 bits per heavy atom. The van der Waals surface area contributed by atoms with Crippen LogP contribution in [0.25, 0.3) is 0 Å². The second-order valence-corrected chi connectivity index (χ2v) is 6.47. The Bertz CT molecular complexity index is 640. The fourth-order valence-electron chi connectivity index (χ4n) is 3.02. The molecule has 3 N–H and O–H groups in total. The van der Waals surface area contributed by atoms with Gasteiger partial charge in [-0.25, -0.2) is 0 Å². The lowest BCUT2D eigenvalue weighted by Crippen LogP contribution is -2.38. The number of nitrogens with zero attached hydrogens (tertiary/aromatic N) is 1. The summed E-state index contributed by atoms with van der Waals surface area (Å²) in [5, 5.41) is 2.79. The Hall–Kier alpha value is -1.80. The molecule has 0 saturated heterocycles. The van der Waals surface area contributed by atoms with Crippen molar-refractivity contribution < 1.29 is 22.8 Å². The summed E-state index contributed by atoms with van der Waals surface area (Å²) >= 11 is 0. The summed E-state index contributed by atoms with van der Waals surface area (Å²) in [4.78, 5) is 24.1. The summed E-state index contributed by atoms with van der Waals surface area (Å²) in [5.41, 5.74) is 6.88. The van der Waals surface area contributed by atoms with Gasteiger partial charge in [0.1, 0.15) is 0 Å². The third-order valence-corrected chi connectivity index (χ3v) is 4.29. The molecule has 1 aliphatic rings. The normalized spacial score (nSPS) is 20.0. The number of carbonyl (C=O) groups is 2. The van der Waals surface area contributed by atoms with Crippen LogP contribution in [0.3, 0.4) is 0 Å². The van der Waals surface area contributed by atoms with Crippen LogP contribution in [0.2, 0.25) is 0 Å². The minimum atomic E-state index is -4.90. The molecule has 1 saturated carbocycles. The summed E-state index contributed by atoms with van der Waals surface area (Å²) in [7, 11) is 1.09. The SMILES string of the molecule is CN(Cc1cccc(NC(=O)C2CCCC(N)C2)c1)C(=O)C(F)(F)F.Cl. The quantitative estimate of drug-likeness (QED) is 0.825. The van der Waals surface area contributed by atoms with Crippen LogP contribution in [0, 0.1) is 5.92 Å². The van der Waals surface area contributed by atoms with E-state index in [-0.39, 0.29) is 36.8 Å². The van der Waals surface area contributed by atoms with Gasteiger partial charge >= 0.3 is 12.1 Å². The monoisotopic (exact) mass is 393 g/mol. The minimum Gasteiger partial charge on any atom is -0.334 e. The van der Waals surface area contributed by atoms with Crippen LogP contribution in [-0.2, 0) is 16.1 Å². The molecule has 2 rings (SSSR count). The molecule has 0 spiro atoms. The standard InChI is InChI=1S/C17H22F3N3O2.ClH/c1-23(16(25)17(18,19)20)10-11-4-2-7-14(8-11)22-15(24)12-5-3-6-13(21)9-12;/h2,4,7-8,12-13H,3,5-6,9-10,21H2,1H3,(H,22,24);1H. The van der Waals surface area contributed by atoms with Crippen LogP contribution in [-0.4, -0.2) is 36.0 Å². The van der Waals surface area contributed by atoms with Gasteiger partial charge in [0, 0.05) is 31.2 Å². The smallest absolute Gasteiger partial charge is 0.334 e. The highest BCUT2D eigenvalue weighted by Crippen LogP contribution is 2.25. The van der Waals surface area contributed by atoms with Gasteiger partial charge in [-0.2, -0.15) is 13.2 Å². The molecule has 2 amide bonds. The van der Waals surface area contributed by atoms with E-state index in [9.17, 15) is 22.8 Å². The van der Waals surface area contributed by atoms with Crippen molar-refractivity contribution in [3.8, 4) is 0 Å². The van der Waals surface area contributed by atoms with Gasteiger partial charge in [0.2, 0.25) is 5.91 Å². The number of hydrogen-bond donors (Lipinski definition) is 2. The van der Waals surface area contributed by atoms with Gasteiger partial charge in [0.25, 0.3) is 0 Å². The van der Waals surface area contributed by atoms with E-state index in [0.717, 1.165) is 26.3 Å². The number of amides is 2. The molecule has 2 atom stereocenters. The van der Waals surface area contributed by atoms with Gasteiger partial charge in [-0.05, 0) is 37.0 Å². The Kier molecular flexibility index (Phi) is 7.89. The predicted octanol–water partition coefficient (Wildman–Crippen LogP) is 3.09. The number of anilines is 1. The summed E-state index contributed by atoms with van der Waals surface area (Å²) in [6.07, 6.45) is -1.67. The second-order valence-electron chi connectivity index (χ2n) is 6.47. The molecule has 0 heterocycles. The maximum absolute atomic E-state index is 12.4. The van der Waals surface area contributed by atoms with Gasteiger partial charge < -0.3 is 16.0 Å². The molecule has 1 aromatic rings. The van der Waals surface area contributed by atoms with E-state index in [4.69, 9.17) is 5.73 Å². The number of hydrogen-bond acceptors (Lipinski definition) is 3. The highest BCUT2D eigenvalue weighted by Gasteiger charge is 2.41. The van der Waals surface area contributed by atoms with Crippen molar-refractivity contribution >= 4 is 29.9 Å². The third kappa shape index (κ3) is 6.17. The van der Waals surface area contributed by atoms with Crippen molar-refractivity contribution in [1.82, 2.24) is 4.90 Å². The molecule has 0 aliphatic heterocycles. The summed E-state index contributed by atoms with van der Waals surface area (Å²) in [6, 6.07) is 6.49. The molecule has 0 bridgehead atoms. The molecule has 1 aliphatic carbocycles. The molecule has 9 heteroatoms. The van der Waals surface area contributed by atoms with E-state index in [0.29, 0.717) is 22.6 Å². The lowest BCUT2D eigenvalue weighted by molar-refractivity contribution is -0.184. The zero-order valence-electron chi connectivity index (χ0n) is 14.4. The van der Waals surface area contributed by atoms with E-state index in [1.54, 1.807) is 24.3 Å². The molecule has 1 aromatic carbocycles. The third-order valence-electron chi connectivity index (χ3n) is 4.29. The maximum Gasteiger partial charge on any atom is 0.471 e. The first-order chi connectivity index (χ1) is 11.7. The first-order valence-corrected chi connectivity index (χ1v) is 8.14. The van der Waals surface area contributed by atoms with Crippen molar-refractivity contribution in [3.63, 3.8) is 0 Å². The van der Waals surface area contributed by atoms with Crippen LogP contribution in [0.4, 0.5) is 18.9 Å². The van der Waals surface area contributed by atoms with Crippen LogP contribution in [0.1, 0.15) is 31.2 Å². The lowest BCUT2D eigenvalue weighted by Gasteiger charge is -2.25. The largest absolute Gasteiger partial charge is 0.471 e. The highest BCUT2D eigenvalue weighted by atomic mass is 35.5. The van der Waals surface area contributed by atoms with Crippen molar-refractivity contribution in [3.05, 3.63) is 29.8 Å². The zero-order valence-corrected chi connectivity index (χ0v) is 15.2. The van der Waals surface area contributed by atoms with Crippen molar-refractivity contribution in [2.45, 2.75) is 44.4 Å². The van der Waals surface area contributed by atoms with E-state index in [1.807, 2.05) is 0 Å². The van der Waals surface area contributed by atoms with Gasteiger partial charge in [0.15, 0.2) is 0 Å². The molecule has 0 radical (unpaired) electrons. The number of alkyl halides is 3. The minimum absolute atomic E-state index is 0. The fourth-order valence-corrected chi connectivity index (χ4v) is 3.02. The highest BCUT2D eigenvalue weighted by molar-refractivity contribution is 5.92. The van der Waals surface area contributed by atoms with Gasteiger partial charge in [0.05, 0.1) is 0 Å². The number of halogens is 4. The van der Waals surface area contributed by atoms with Crippen molar-refractivity contribution in [2.24, 2.45) is 11.7 Å². The summed E-state index contributed by atoms with van der Waals surface area (Å²) in [5.74, 6) is -2.19. The lowest BCUT2D eigenvalue weighted by atomic mass is 9.85. The first kappa shape index (κ1) is 22.2. The number of nitrogens with two attached hydrogens (primary N) is 1. The van der Waals surface area contributed by atoms with Gasteiger partial charge in [-0.15, -0.1) is 12.4 Å². The Morgan fingerprint density at radius 2 is 2.00 bits per heavy atom. The molecule has 146 valence electrons. The number of nitrogens with one attached hydrogen (secondary N) is 1. The van der Waals surface area contributed by atoms with Crippen molar-refractivity contribution in [1.29, 1.82) is 0 Å². The van der Waals surface area contributed by atoms with Crippen LogP contribution < -0.4 is 11.1 Å².